The topological polar surface area (TPSA) is 39.1 Å². The van der Waals surface area contributed by atoms with E-state index in [1.165, 1.54) is 0 Å². The number of hydrogen-bond donors (Lipinski definition) is 0. The Hall–Kier alpha value is -3.17. The predicted molar refractivity (Wildman–Crippen MR) is 112 cm³/mol. The zero-order valence-corrected chi connectivity index (χ0v) is 15.9. The smallest absolute Gasteiger partial charge is 0.231 e. The standard InChI is InChI=1S/C24H18ClNO2/c25-19-12-10-18(11-13-19)15-26-16-21(20-8-4-5-9-22(20)26)24(28)23(27)14-17-6-2-1-3-7-17/h1-13,16H,14-15H2. The van der Waals surface area contributed by atoms with Crippen molar-refractivity contribution in [3.63, 3.8) is 0 Å². The summed E-state index contributed by atoms with van der Waals surface area (Å²) in [6.45, 7) is 0.595. The first-order chi connectivity index (χ1) is 13.6. The van der Waals surface area contributed by atoms with Crippen LogP contribution in [0.1, 0.15) is 21.5 Å². The lowest BCUT2D eigenvalue weighted by molar-refractivity contribution is -0.114. The lowest BCUT2D eigenvalue weighted by atomic mass is 10.0. The Kier molecular flexibility index (Phi) is 5.09. The molecule has 1 aromatic heterocycles. The Labute approximate surface area is 168 Å². The number of aromatic nitrogens is 1. The summed E-state index contributed by atoms with van der Waals surface area (Å²) in [6, 6.07) is 24.6. The van der Waals surface area contributed by atoms with Crippen LogP contribution in [0.2, 0.25) is 5.02 Å². The van der Waals surface area contributed by atoms with Crippen molar-refractivity contribution >= 4 is 34.1 Å². The van der Waals surface area contributed by atoms with Crippen LogP contribution in [0.5, 0.6) is 0 Å². The molecule has 0 saturated heterocycles. The third-order valence-corrected chi connectivity index (χ3v) is 5.01. The number of carbonyl (C=O) groups excluding carboxylic acids is 2. The van der Waals surface area contributed by atoms with Gasteiger partial charge in [-0.25, -0.2) is 0 Å². The maximum atomic E-state index is 12.9. The summed E-state index contributed by atoms with van der Waals surface area (Å²) in [5.41, 5.74) is 3.28. The molecule has 0 radical (unpaired) electrons. The second-order valence-corrected chi connectivity index (χ2v) is 7.17. The molecule has 28 heavy (non-hydrogen) atoms. The summed E-state index contributed by atoms with van der Waals surface area (Å²) in [5.74, 6) is -0.851. The summed E-state index contributed by atoms with van der Waals surface area (Å²) in [7, 11) is 0. The predicted octanol–water partition coefficient (Wildman–Crippen LogP) is 5.34. The highest BCUT2D eigenvalue weighted by Crippen LogP contribution is 2.24. The van der Waals surface area contributed by atoms with E-state index in [1.807, 2.05) is 83.4 Å². The first-order valence-corrected chi connectivity index (χ1v) is 9.43. The SMILES string of the molecule is O=C(Cc1ccccc1)C(=O)c1cn(Cc2ccc(Cl)cc2)c2ccccc12. The fraction of sp³-hybridized carbons (Fsp3) is 0.0833. The van der Waals surface area contributed by atoms with Gasteiger partial charge in [0, 0.05) is 35.1 Å². The van der Waals surface area contributed by atoms with Gasteiger partial charge in [-0.05, 0) is 29.3 Å². The zero-order valence-electron chi connectivity index (χ0n) is 15.1. The van der Waals surface area contributed by atoms with Crippen LogP contribution in [-0.2, 0) is 17.8 Å². The van der Waals surface area contributed by atoms with E-state index in [1.54, 1.807) is 6.20 Å². The molecule has 138 valence electrons. The molecule has 1 heterocycles. The van der Waals surface area contributed by atoms with Gasteiger partial charge in [-0.2, -0.15) is 0 Å². The van der Waals surface area contributed by atoms with Crippen molar-refractivity contribution in [1.82, 2.24) is 4.57 Å². The van der Waals surface area contributed by atoms with Crippen molar-refractivity contribution in [2.45, 2.75) is 13.0 Å². The number of fused-ring (bicyclic) bond motifs is 1. The molecule has 0 aliphatic carbocycles. The van der Waals surface area contributed by atoms with Gasteiger partial charge in [0.1, 0.15) is 0 Å². The normalized spacial score (nSPS) is 10.9. The Balaban J connectivity index is 1.66. The van der Waals surface area contributed by atoms with Crippen LogP contribution in [0.4, 0.5) is 0 Å². The van der Waals surface area contributed by atoms with Gasteiger partial charge in [-0.1, -0.05) is 72.3 Å². The van der Waals surface area contributed by atoms with Gasteiger partial charge in [0.25, 0.3) is 0 Å². The zero-order chi connectivity index (χ0) is 19.5. The van der Waals surface area contributed by atoms with E-state index in [0.717, 1.165) is 22.0 Å². The highest BCUT2D eigenvalue weighted by Gasteiger charge is 2.21. The van der Waals surface area contributed by atoms with E-state index < -0.39 is 11.6 Å². The van der Waals surface area contributed by atoms with Gasteiger partial charge in [0.15, 0.2) is 0 Å². The van der Waals surface area contributed by atoms with E-state index in [0.29, 0.717) is 17.1 Å². The molecule has 3 nitrogen and oxygen atoms in total. The number of para-hydroxylation sites is 1. The van der Waals surface area contributed by atoms with Crippen LogP contribution < -0.4 is 0 Å². The van der Waals surface area contributed by atoms with E-state index >= 15 is 0 Å². The Bertz CT molecular complexity index is 1140. The van der Waals surface area contributed by atoms with Crippen molar-refractivity contribution in [1.29, 1.82) is 0 Å². The number of Topliss-reactive ketones (excluding diaryl/α,β-unsaturated/α-hetero) is 2. The van der Waals surface area contributed by atoms with Crippen molar-refractivity contribution in [3.05, 3.63) is 107 Å². The summed E-state index contributed by atoms with van der Waals surface area (Å²) >= 11 is 5.97. The highest BCUT2D eigenvalue weighted by molar-refractivity contribution is 6.46. The Morgan fingerprint density at radius 3 is 2.21 bits per heavy atom. The van der Waals surface area contributed by atoms with Crippen LogP contribution in [0, 0.1) is 0 Å². The van der Waals surface area contributed by atoms with E-state index in [2.05, 4.69) is 0 Å². The minimum absolute atomic E-state index is 0.108. The molecule has 0 unspecified atom stereocenters. The number of carbonyl (C=O) groups is 2. The minimum atomic E-state index is -0.449. The van der Waals surface area contributed by atoms with Crippen LogP contribution in [-0.4, -0.2) is 16.1 Å². The van der Waals surface area contributed by atoms with E-state index in [-0.39, 0.29) is 6.42 Å². The Morgan fingerprint density at radius 2 is 1.46 bits per heavy atom. The average Bonchev–Trinajstić information content (AvgIpc) is 3.08. The molecule has 4 rings (SSSR count). The molecule has 0 aliphatic rings. The third-order valence-electron chi connectivity index (χ3n) is 4.76. The lowest BCUT2D eigenvalue weighted by Crippen LogP contribution is -2.16. The number of benzene rings is 3. The second-order valence-electron chi connectivity index (χ2n) is 6.73. The second kappa shape index (κ2) is 7.83. The molecule has 0 spiro atoms. The number of halogens is 1. The first-order valence-electron chi connectivity index (χ1n) is 9.05. The summed E-state index contributed by atoms with van der Waals surface area (Å²) in [6.07, 6.45) is 1.89. The summed E-state index contributed by atoms with van der Waals surface area (Å²) in [5, 5.41) is 1.48. The monoisotopic (exact) mass is 387 g/mol. The van der Waals surface area contributed by atoms with Gasteiger partial charge in [0.05, 0.1) is 5.56 Å². The molecule has 4 heteroatoms. The van der Waals surface area contributed by atoms with E-state index in [9.17, 15) is 9.59 Å². The van der Waals surface area contributed by atoms with Gasteiger partial charge >= 0.3 is 0 Å². The van der Waals surface area contributed by atoms with Crippen LogP contribution >= 0.6 is 11.6 Å². The summed E-state index contributed by atoms with van der Waals surface area (Å²) < 4.78 is 2.00. The number of nitrogens with zero attached hydrogens (tertiary/aromatic N) is 1. The molecule has 3 aromatic carbocycles. The summed E-state index contributed by atoms with van der Waals surface area (Å²) in [4.78, 5) is 25.5. The molecule has 0 N–H and O–H groups in total. The van der Waals surface area contributed by atoms with E-state index in [4.69, 9.17) is 11.6 Å². The van der Waals surface area contributed by atoms with Crippen LogP contribution in [0.25, 0.3) is 10.9 Å². The fourth-order valence-corrected chi connectivity index (χ4v) is 3.48. The van der Waals surface area contributed by atoms with Crippen LogP contribution in [0.15, 0.2) is 85.1 Å². The largest absolute Gasteiger partial charge is 0.342 e. The molecule has 0 atom stereocenters. The molecule has 4 aromatic rings. The highest BCUT2D eigenvalue weighted by atomic mass is 35.5. The maximum Gasteiger partial charge on any atom is 0.231 e. The lowest BCUT2D eigenvalue weighted by Gasteiger charge is -2.05. The average molecular weight is 388 g/mol. The maximum absolute atomic E-state index is 12.9. The first kappa shape index (κ1) is 18.2. The van der Waals surface area contributed by atoms with Gasteiger partial charge in [-0.3, -0.25) is 9.59 Å². The van der Waals surface area contributed by atoms with Crippen molar-refractivity contribution in [2.24, 2.45) is 0 Å². The molecule has 0 saturated carbocycles. The third kappa shape index (κ3) is 3.75. The van der Waals surface area contributed by atoms with Crippen molar-refractivity contribution < 1.29 is 9.59 Å². The quantitative estimate of drug-likeness (QED) is 0.331. The van der Waals surface area contributed by atoms with Gasteiger partial charge < -0.3 is 4.57 Å². The number of rotatable bonds is 6. The number of ketones is 2. The molecule has 0 bridgehead atoms. The molecule has 0 aliphatic heterocycles. The van der Waals surface area contributed by atoms with Crippen LogP contribution in [0.3, 0.4) is 0 Å². The van der Waals surface area contributed by atoms with Crippen molar-refractivity contribution in [2.75, 3.05) is 0 Å². The molecule has 0 amide bonds. The van der Waals surface area contributed by atoms with Gasteiger partial charge in [-0.15, -0.1) is 0 Å². The minimum Gasteiger partial charge on any atom is -0.342 e. The van der Waals surface area contributed by atoms with Crippen molar-refractivity contribution in [3.8, 4) is 0 Å². The molecular weight excluding hydrogens is 370 g/mol. The molecule has 0 fully saturated rings. The number of hydrogen-bond acceptors (Lipinski definition) is 2. The molecular formula is C24H18ClNO2. The van der Waals surface area contributed by atoms with Gasteiger partial charge in [0.2, 0.25) is 11.6 Å². The fourth-order valence-electron chi connectivity index (χ4n) is 3.36. The Morgan fingerprint density at radius 1 is 0.786 bits per heavy atom.